The summed E-state index contributed by atoms with van der Waals surface area (Å²) in [5, 5.41) is 32.8. The average Bonchev–Trinajstić information content (AvgIpc) is 2.83. The number of carbonyl (C=O) groups excluding carboxylic acids is 2. The van der Waals surface area contributed by atoms with E-state index in [-0.39, 0.29) is 41.3 Å². The number of primary amides is 1. The number of nitrogens with one attached hydrogen (secondary N) is 1. The Hall–Kier alpha value is -3.01. The van der Waals surface area contributed by atoms with E-state index in [0.29, 0.717) is 44.5 Å². The second kappa shape index (κ2) is 11.6. The minimum atomic E-state index is -0.900. The maximum atomic E-state index is 12.8. The van der Waals surface area contributed by atoms with E-state index in [1.165, 1.54) is 12.1 Å². The number of carbonyl (C=O) groups is 2. The highest BCUT2D eigenvalue weighted by Crippen LogP contribution is 2.21. The van der Waals surface area contributed by atoms with E-state index in [1.807, 2.05) is 38.1 Å². The summed E-state index contributed by atoms with van der Waals surface area (Å²) in [5.41, 5.74) is 7.54. The first-order valence-electron chi connectivity index (χ1n) is 12.0. The highest BCUT2D eigenvalue weighted by Gasteiger charge is 2.26. The molecule has 0 bridgehead atoms. The lowest BCUT2D eigenvalue weighted by Gasteiger charge is -2.31. The Labute approximate surface area is 206 Å². The number of hydrogen-bond donors (Lipinski definition) is 5. The molecule has 1 aliphatic heterocycles. The Balaban J connectivity index is 1.54. The number of piperidine rings is 1. The number of benzene rings is 1. The molecule has 2 heterocycles. The van der Waals surface area contributed by atoms with Gasteiger partial charge in [0.25, 0.3) is 0 Å². The third kappa shape index (κ3) is 7.48. The van der Waals surface area contributed by atoms with Crippen molar-refractivity contribution in [2.75, 3.05) is 19.6 Å². The number of aromatic nitrogens is 1. The Bertz CT molecular complexity index is 1030. The van der Waals surface area contributed by atoms with Crippen molar-refractivity contribution in [1.29, 1.82) is 0 Å². The van der Waals surface area contributed by atoms with Gasteiger partial charge in [-0.1, -0.05) is 24.3 Å². The Morgan fingerprint density at radius 1 is 1.20 bits per heavy atom. The van der Waals surface area contributed by atoms with Crippen molar-refractivity contribution in [3.8, 4) is 5.75 Å². The number of amides is 2. The second-order valence-electron chi connectivity index (χ2n) is 9.87. The molecule has 35 heavy (non-hydrogen) atoms. The van der Waals surface area contributed by atoms with Crippen molar-refractivity contribution in [2.45, 2.75) is 57.8 Å². The molecular weight excluding hydrogens is 448 g/mol. The van der Waals surface area contributed by atoms with Crippen molar-refractivity contribution in [1.82, 2.24) is 15.2 Å². The lowest BCUT2D eigenvalue weighted by molar-refractivity contribution is -0.134. The summed E-state index contributed by atoms with van der Waals surface area (Å²) in [5.74, 6) is -0.487. The zero-order chi connectivity index (χ0) is 25.6. The summed E-state index contributed by atoms with van der Waals surface area (Å²) < 4.78 is 0. The zero-order valence-corrected chi connectivity index (χ0v) is 20.4. The number of aliphatic hydroxyl groups excluding tert-OH is 2. The van der Waals surface area contributed by atoms with Crippen LogP contribution in [0.25, 0.3) is 0 Å². The molecule has 1 aromatic heterocycles. The number of aliphatic hydroxyl groups is 2. The molecule has 0 saturated carbocycles. The number of rotatable bonds is 10. The maximum Gasteiger partial charge on any atom is 0.226 e. The van der Waals surface area contributed by atoms with Gasteiger partial charge >= 0.3 is 0 Å². The first-order valence-corrected chi connectivity index (χ1v) is 12.0. The first-order chi connectivity index (χ1) is 16.6. The molecule has 6 N–H and O–H groups in total. The Kier molecular flexibility index (Phi) is 8.82. The first kappa shape index (κ1) is 26.6. The number of aromatic hydroxyl groups is 1. The number of pyridine rings is 1. The summed E-state index contributed by atoms with van der Waals surface area (Å²) >= 11 is 0. The average molecular weight is 485 g/mol. The Morgan fingerprint density at radius 2 is 1.89 bits per heavy atom. The molecule has 1 fully saturated rings. The molecular formula is C26H36N4O5. The summed E-state index contributed by atoms with van der Waals surface area (Å²) in [6, 6.07) is 10.9. The summed E-state index contributed by atoms with van der Waals surface area (Å²) in [6.07, 6.45) is 1.32. The predicted octanol–water partition coefficient (Wildman–Crippen LogP) is 1.19. The fraction of sp³-hybridized carbons (Fsp3) is 0.500. The SMILES string of the molecule is CC(C)(Cc1cccc(CC(=O)N2CCC(C(N)=O)CC2)c1)NCC(O)c1ccc(O)c(CO)n1. The second-order valence-corrected chi connectivity index (χ2v) is 9.87. The molecule has 9 heteroatoms. The van der Waals surface area contributed by atoms with E-state index in [0.717, 1.165) is 11.1 Å². The third-order valence-corrected chi connectivity index (χ3v) is 6.48. The molecule has 9 nitrogen and oxygen atoms in total. The molecule has 1 aliphatic rings. The molecule has 0 aliphatic carbocycles. The van der Waals surface area contributed by atoms with Crippen molar-refractivity contribution < 1.29 is 24.9 Å². The molecule has 1 aromatic carbocycles. The normalized spacial score (nSPS) is 15.7. The van der Waals surface area contributed by atoms with Crippen LogP contribution in [0.5, 0.6) is 5.75 Å². The van der Waals surface area contributed by atoms with Gasteiger partial charge in [0.05, 0.1) is 18.7 Å². The van der Waals surface area contributed by atoms with Crippen LogP contribution in [-0.2, 0) is 29.0 Å². The molecule has 2 amide bonds. The topological polar surface area (TPSA) is 149 Å². The van der Waals surface area contributed by atoms with Crippen LogP contribution < -0.4 is 11.1 Å². The van der Waals surface area contributed by atoms with Crippen LogP contribution in [0.3, 0.4) is 0 Å². The van der Waals surface area contributed by atoms with Gasteiger partial charge in [-0.3, -0.25) is 9.59 Å². The number of nitrogens with zero attached hydrogens (tertiary/aromatic N) is 2. The van der Waals surface area contributed by atoms with Gasteiger partial charge in [0.15, 0.2) is 0 Å². The van der Waals surface area contributed by atoms with E-state index in [9.17, 15) is 24.9 Å². The van der Waals surface area contributed by atoms with Crippen LogP contribution in [-0.4, -0.2) is 62.2 Å². The van der Waals surface area contributed by atoms with Gasteiger partial charge in [0.2, 0.25) is 11.8 Å². The highest BCUT2D eigenvalue weighted by atomic mass is 16.3. The monoisotopic (exact) mass is 484 g/mol. The molecule has 0 spiro atoms. The van der Waals surface area contributed by atoms with Crippen molar-refractivity contribution in [3.05, 3.63) is 58.9 Å². The van der Waals surface area contributed by atoms with E-state index in [4.69, 9.17) is 5.73 Å². The van der Waals surface area contributed by atoms with Gasteiger partial charge in [0.1, 0.15) is 17.5 Å². The largest absolute Gasteiger partial charge is 0.506 e. The lowest BCUT2D eigenvalue weighted by Crippen LogP contribution is -2.43. The maximum absolute atomic E-state index is 12.8. The van der Waals surface area contributed by atoms with Gasteiger partial charge in [0, 0.05) is 31.1 Å². The van der Waals surface area contributed by atoms with Gasteiger partial charge in [-0.25, -0.2) is 4.98 Å². The van der Waals surface area contributed by atoms with Crippen LogP contribution >= 0.6 is 0 Å². The highest BCUT2D eigenvalue weighted by molar-refractivity contribution is 5.80. The summed E-state index contributed by atoms with van der Waals surface area (Å²) in [7, 11) is 0. The van der Waals surface area contributed by atoms with Crippen LogP contribution in [0, 0.1) is 5.92 Å². The number of hydrogen-bond acceptors (Lipinski definition) is 7. The molecule has 1 saturated heterocycles. The number of β-amino-alcohol motifs (C(OH)–C–C–N with tert-alkyl or cyclic N) is 1. The molecule has 3 rings (SSSR count). The van der Waals surface area contributed by atoms with E-state index in [2.05, 4.69) is 10.3 Å². The van der Waals surface area contributed by atoms with Crippen LogP contribution in [0.4, 0.5) is 0 Å². The van der Waals surface area contributed by atoms with E-state index < -0.39 is 12.7 Å². The lowest BCUT2D eigenvalue weighted by atomic mass is 9.93. The predicted molar refractivity (Wildman–Crippen MR) is 131 cm³/mol. The van der Waals surface area contributed by atoms with Gasteiger partial charge in [-0.05, 0) is 56.4 Å². The van der Waals surface area contributed by atoms with Crippen molar-refractivity contribution in [2.24, 2.45) is 11.7 Å². The molecule has 1 atom stereocenters. The number of nitrogens with two attached hydrogens (primary N) is 1. The molecule has 2 aromatic rings. The molecule has 190 valence electrons. The van der Waals surface area contributed by atoms with Crippen LogP contribution in [0.1, 0.15) is 55.3 Å². The molecule has 1 unspecified atom stereocenters. The molecule has 0 radical (unpaired) electrons. The fourth-order valence-corrected chi connectivity index (χ4v) is 4.41. The van der Waals surface area contributed by atoms with E-state index >= 15 is 0 Å². The smallest absolute Gasteiger partial charge is 0.226 e. The third-order valence-electron chi connectivity index (χ3n) is 6.48. The van der Waals surface area contributed by atoms with Crippen molar-refractivity contribution >= 4 is 11.8 Å². The summed E-state index contributed by atoms with van der Waals surface area (Å²) in [4.78, 5) is 30.0. The quantitative estimate of drug-likeness (QED) is 0.340. The summed E-state index contributed by atoms with van der Waals surface area (Å²) in [6.45, 7) is 5.01. The number of likely N-dealkylation sites (tertiary alicyclic amines) is 1. The van der Waals surface area contributed by atoms with Gasteiger partial charge in [-0.2, -0.15) is 0 Å². The standard InChI is InChI=1S/C26H36N4O5/c1-26(2,28-15-23(33)20-6-7-22(32)21(16-31)29-20)14-18-5-3-4-17(12-18)13-24(34)30-10-8-19(9-11-30)25(27)35/h3-7,12,19,23,28,31-33H,8-11,13-16H2,1-2H3,(H2,27,35). The van der Waals surface area contributed by atoms with Gasteiger partial charge < -0.3 is 31.3 Å². The zero-order valence-electron chi connectivity index (χ0n) is 20.4. The minimum Gasteiger partial charge on any atom is -0.506 e. The van der Waals surface area contributed by atoms with Crippen LogP contribution in [0.2, 0.25) is 0 Å². The van der Waals surface area contributed by atoms with Crippen LogP contribution in [0.15, 0.2) is 36.4 Å². The van der Waals surface area contributed by atoms with Gasteiger partial charge in [-0.15, -0.1) is 0 Å². The fourth-order valence-electron chi connectivity index (χ4n) is 4.41. The minimum absolute atomic E-state index is 0.0502. The van der Waals surface area contributed by atoms with E-state index in [1.54, 1.807) is 4.90 Å². The van der Waals surface area contributed by atoms with Crippen molar-refractivity contribution in [3.63, 3.8) is 0 Å². The Morgan fingerprint density at radius 3 is 2.54 bits per heavy atom.